The van der Waals surface area contributed by atoms with E-state index in [0.717, 1.165) is 30.3 Å². The van der Waals surface area contributed by atoms with Gasteiger partial charge in [0.25, 0.3) is 0 Å². The molecular formula is C19H13ClO. The van der Waals surface area contributed by atoms with Crippen molar-refractivity contribution in [3.05, 3.63) is 70.2 Å². The van der Waals surface area contributed by atoms with Gasteiger partial charge in [0.15, 0.2) is 6.29 Å². The van der Waals surface area contributed by atoms with Gasteiger partial charge in [-0.25, -0.2) is 0 Å². The topological polar surface area (TPSA) is 17.1 Å². The standard InChI is InChI=1S/C19H13ClO/c20-15-7-9-16(14(10-15)11-21)17-8-6-13-5-4-12-2-1-3-18(17)19(12)13/h1-3,6-11H,4-5H2. The van der Waals surface area contributed by atoms with Crippen LogP contribution in [0.5, 0.6) is 0 Å². The molecule has 0 saturated carbocycles. The van der Waals surface area contributed by atoms with Crippen LogP contribution in [0.25, 0.3) is 21.9 Å². The zero-order chi connectivity index (χ0) is 14.4. The molecular weight excluding hydrogens is 280 g/mol. The number of hydrogen-bond acceptors (Lipinski definition) is 1. The number of aryl methyl sites for hydroxylation is 2. The molecule has 21 heavy (non-hydrogen) atoms. The van der Waals surface area contributed by atoms with Crippen molar-refractivity contribution in [3.8, 4) is 11.1 Å². The van der Waals surface area contributed by atoms with Crippen molar-refractivity contribution in [3.63, 3.8) is 0 Å². The van der Waals surface area contributed by atoms with Crippen LogP contribution in [0.15, 0.2) is 48.5 Å². The molecule has 2 heteroatoms. The minimum absolute atomic E-state index is 0.590. The number of hydrogen-bond donors (Lipinski definition) is 0. The fourth-order valence-corrected chi connectivity index (χ4v) is 3.54. The van der Waals surface area contributed by atoms with Gasteiger partial charge in [0.1, 0.15) is 0 Å². The Labute approximate surface area is 128 Å². The lowest BCUT2D eigenvalue weighted by Crippen LogP contribution is -1.90. The minimum Gasteiger partial charge on any atom is -0.298 e. The molecule has 0 radical (unpaired) electrons. The van der Waals surface area contributed by atoms with Crippen molar-refractivity contribution in [1.29, 1.82) is 0 Å². The summed E-state index contributed by atoms with van der Waals surface area (Å²) in [5.74, 6) is 0. The summed E-state index contributed by atoms with van der Waals surface area (Å²) in [7, 11) is 0. The van der Waals surface area contributed by atoms with Gasteiger partial charge in [-0.3, -0.25) is 4.79 Å². The lowest BCUT2D eigenvalue weighted by Gasteiger charge is -2.11. The molecule has 1 aliphatic rings. The predicted octanol–water partition coefficient (Wildman–Crippen LogP) is 5.07. The Morgan fingerprint density at radius 1 is 0.905 bits per heavy atom. The van der Waals surface area contributed by atoms with E-state index in [-0.39, 0.29) is 0 Å². The Balaban J connectivity index is 2.07. The minimum atomic E-state index is 0.590. The predicted molar refractivity (Wildman–Crippen MR) is 87.2 cm³/mol. The Bertz CT molecular complexity index is 870. The van der Waals surface area contributed by atoms with Crippen molar-refractivity contribution in [2.75, 3.05) is 0 Å². The van der Waals surface area contributed by atoms with Gasteiger partial charge in [-0.2, -0.15) is 0 Å². The SMILES string of the molecule is O=Cc1cc(Cl)ccc1-c1ccc2c3c(cccc13)CC2. The van der Waals surface area contributed by atoms with Crippen LogP contribution < -0.4 is 0 Å². The van der Waals surface area contributed by atoms with Crippen LogP contribution in [0.4, 0.5) is 0 Å². The van der Waals surface area contributed by atoms with Crippen LogP contribution in [0.3, 0.4) is 0 Å². The molecule has 0 aromatic heterocycles. The second-order valence-electron chi connectivity index (χ2n) is 5.46. The maximum atomic E-state index is 11.4. The number of aldehydes is 1. The third-order valence-electron chi connectivity index (χ3n) is 4.31. The summed E-state index contributed by atoms with van der Waals surface area (Å²) in [5, 5.41) is 3.18. The molecule has 0 amide bonds. The number of carbonyl (C=O) groups is 1. The van der Waals surface area contributed by atoms with E-state index in [9.17, 15) is 4.79 Å². The molecule has 0 unspecified atom stereocenters. The summed E-state index contributed by atoms with van der Waals surface area (Å²) in [5.41, 5.74) is 5.51. The van der Waals surface area contributed by atoms with Crippen LogP contribution in [-0.4, -0.2) is 6.29 Å². The summed E-state index contributed by atoms with van der Waals surface area (Å²) in [6.07, 6.45) is 3.10. The molecule has 0 heterocycles. The molecule has 1 nitrogen and oxygen atoms in total. The van der Waals surface area contributed by atoms with Gasteiger partial charge in [-0.1, -0.05) is 48.0 Å². The fourth-order valence-electron chi connectivity index (χ4n) is 3.36. The Hall–Kier alpha value is -2.12. The van der Waals surface area contributed by atoms with Gasteiger partial charge in [0.2, 0.25) is 0 Å². The molecule has 102 valence electrons. The largest absolute Gasteiger partial charge is 0.298 e. The zero-order valence-electron chi connectivity index (χ0n) is 11.4. The normalized spacial score (nSPS) is 12.8. The van der Waals surface area contributed by atoms with E-state index in [4.69, 9.17) is 11.6 Å². The fraction of sp³-hybridized carbons (Fsp3) is 0.105. The van der Waals surface area contributed by atoms with E-state index < -0.39 is 0 Å². The van der Waals surface area contributed by atoms with Crippen molar-refractivity contribution < 1.29 is 4.79 Å². The van der Waals surface area contributed by atoms with Gasteiger partial charge in [-0.05, 0) is 58.0 Å². The summed E-state index contributed by atoms with van der Waals surface area (Å²) in [6.45, 7) is 0. The average molecular weight is 293 g/mol. The van der Waals surface area contributed by atoms with Gasteiger partial charge >= 0.3 is 0 Å². The van der Waals surface area contributed by atoms with E-state index in [1.807, 2.05) is 12.1 Å². The van der Waals surface area contributed by atoms with E-state index in [1.54, 1.807) is 6.07 Å². The quantitative estimate of drug-likeness (QED) is 0.603. The van der Waals surface area contributed by atoms with E-state index in [0.29, 0.717) is 10.6 Å². The monoisotopic (exact) mass is 292 g/mol. The van der Waals surface area contributed by atoms with Crippen LogP contribution in [0.2, 0.25) is 5.02 Å². The van der Waals surface area contributed by atoms with Crippen LogP contribution in [-0.2, 0) is 12.8 Å². The molecule has 3 aromatic carbocycles. The summed E-state index contributed by atoms with van der Waals surface area (Å²) in [6, 6.07) is 16.3. The Kier molecular flexibility index (Phi) is 2.83. The van der Waals surface area contributed by atoms with Crippen LogP contribution >= 0.6 is 11.6 Å². The van der Waals surface area contributed by atoms with E-state index in [2.05, 4.69) is 30.3 Å². The van der Waals surface area contributed by atoms with Crippen molar-refractivity contribution >= 4 is 28.7 Å². The second kappa shape index (κ2) is 4.71. The van der Waals surface area contributed by atoms with Crippen LogP contribution in [0.1, 0.15) is 21.5 Å². The third-order valence-corrected chi connectivity index (χ3v) is 4.54. The average Bonchev–Trinajstić information content (AvgIpc) is 2.93. The number of halogens is 1. The summed E-state index contributed by atoms with van der Waals surface area (Å²) >= 11 is 6.00. The lowest BCUT2D eigenvalue weighted by molar-refractivity contribution is 0.112. The molecule has 0 bridgehead atoms. The maximum Gasteiger partial charge on any atom is 0.150 e. The highest BCUT2D eigenvalue weighted by molar-refractivity contribution is 6.31. The first-order chi connectivity index (χ1) is 10.3. The molecule has 1 aliphatic carbocycles. The highest BCUT2D eigenvalue weighted by atomic mass is 35.5. The van der Waals surface area contributed by atoms with E-state index >= 15 is 0 Å². The molecule has 4 rings (SSSR count). The summed E-state index contributed by atoms with van der Waals surface area (Å²) < 4.78 is 0. The molecule has 0 aliphatic heterocycles. The molecule has 3 aromatic rings. The van der Waals surface area contributed by atoms with E-state index in [1.165, 1.54) is 21.9 Å². The van der Waals surface area contributed by atoms with Crippen molar-refractivity contribution in [1.82, 2.24) is 0 Å². The van der Waals surface area contributed by atoms with Crippen molar-refractivity contribution in [2.45, 2.75) is 12.8 Å². The lowest BCUT2D eigenvalue weighted by atomic mass is 9.93. The highest BCUT2D eigenvalue weighted by Crippen LogP contribution is 2.38. The van der Waals surface area contributed by atoms with Gasteiger partial charge in [0, 0.05) is 10.6 Å². The molecule has 0 N–H and O–H groups in total. The number of benzene rings is 3. The zero-order valence-corrected chi connectivity index (χ0v) is 12.2. The van der Waals surface area contributed by atoms with Gasteiger partial charge < -0.3 is 0 Å². The smallest absolute Gasteiger partial charge is 0.150 e. The number of rotatable bonds is 2. The molecule has 0 fully saturated rings. The van der Waals surface area contributed by atoms with Gasteiger partial charge in [-0.15, -0.1) is 0 Å². The number of carbonyl (C=O) groups excluding carboxylic acids is 1. The first kappa shape index (κ1) is 12.6. The van der Waals surface area contributed by atoms with Crippen LogP contribution in [0, 0.1) is 0 Å². The molecule has 0 spiro atoms. The first-order valence-corrected chi connectivity index (χ1v) is 7.44. The molecule has 0 atom stereocenters. The Morgan fingerprint density at radius 3 is 2.48 bits per heavy atom. The maximum absolute atomic E-state index is 11.4. The summed E-state index contributed by atoms with van der Waals surface area (Å²) in [4.78, 5) is 11.4. The van der Waals surface area contributed by atoms with Crippen molar-refractivity contribution in [2.24, 2.45) is 0 Å². The first-order valence-electron chi connectivity index (χ1n) is 7.06. The Morgan fingerprint density at radius 2 is 1.67 bits per heavy atom. The molecule has 0 saturated heterocycles. The third kappa shape index (κ3) is 1.89. The second-order valence-corrected chi connectivity index (χ2v) is 5.90. The van der Waals surface area contributed by atoms with Gasteiger partial charge in [0.05, 0.1) is 0 Å². The highest BCUT2D eigenvalue weighted by Gasteiger charge is 2.17.